The van der Waals surface area contributed by atoms with Crippen molar-refractivity contribution in [3.8, 4) is 5.75 Å². The summed E-state index contributed by atoms with van der Waals surface area (Å²) in [4.78, 5) is 12.3. The van der Waals surface area contributed by atoms with E-state index >= 15 is 0 Å². The van der Waals surface area contributed by atoms with Gasteiger partial charge < -0.3 is 10.1 Å². The van der Waals surface area contributed by atoms with Crippen LogP contribution in [0.25, 0.3) is 0 Å². The Morgan fingerprint density at radius 2 is 2.17 bits per heavy atom. The summed E-state index contributed by atoms with van der Waals surface area (Å²) in [6.07, 6.45) is 0. The molecule has 124 valence electrons. The van der Waals surface area contributed by atoms with Crippen LogP contribution in [0, 0.1) is 0 Å². The molecule has 2 rings (SSSR count). The lowest BCUT2D eigenvalue weighted by atomic mass is 10.3. The number of halogens is 1. The molecular formula is C14H16ClN3O2S3. The molecule has 1 amide bonds. The van der Waals surface area contributed by atoms with Gasteiger partial charge in [0.05, 0.1) is 17.4 Å². The Labute approximate surface area is 152 Å². The van der Waals surface area contributed by atoms with Crippen LogP contribution in [0.5, 0.6) is 5.75 Å². The van der Waals surface area contributed by atoms with Crippen LogP contribution in [0.2, 0.25) is 5.02 Å². The highest BCUT2D eigenvalue weighted by molar-refractivity contribution is 8.03. The Morgan fingerprint density at radius 3 is 2.83 bits per heavy atom. The smallest absolute Gasteiger partial charge is 0.237 e. The van der Waals surface area contributed by atoms with Gasteiger partial charge in [0.25, 0.3) is 0 Å². The van der Waals surface area contributed by atoms with Crippen molar-refractivity contribution in [3.63, 3.8) is 0 Å². The van der Waals surface area contributed by atoms with E-state index in [1.165, 1.54) is 23.1 Å². The fraction of sp³-hybridized carbons (Fsp3) is 0.357. The average Bonchev–Trinajstić information content (AvgIpc) is 2.95. The number of ether oxygens (including phenoxy) is 1. The van der Waals surface area contributed by atoms with Crippen molar-refractivity contribution >= 4 is 58.1 Å². The SMILES string of the molecule is CCSc1nnc(S[C@H](C)C(=O)Nc2ccc(OC)c(Cl)c2)s1. The van der Waals surface area contributed by atoms with Crippen LogP contribution in [0.3, 0.4) is 0 Å². The molecule has 1 aromatic heterocycles. The predicted octanol–water partition coefficient (Wildman–Crippen LogP) is 4.43. The van der Waals surface area contributed by atoms with Gasteiger partial charge in [-0.1, -0.05) is 53.4 Å². The van der Waals surface area contributed by atoms with Crippen molar-refractivity contribution in [1.29, 1.82) is 0 Å². The summed E-state index contributed by atoms with van der Waals surface area (Å²) >= 11 is 10.6. The number of amides is 1. The van der Waals surface area contributed by atoms with Crippen LogP contribution in [-0.4, -0.2) is 34.2 Å². The summed E-state index contributed by atoms with van der Waals surface area (Å²) in [5, 5.41) is 11.2. The molecule has 0 radical (unpaired) electrons. The zero-order valence-corrected chi connectivity index (χ0v) is 16.0. The van der Waals surface area contributed by atoms with Crippen molar-refractivity contribution in [2.75, 3.05) is 18.2 Å². The van der Waals surface area contributed by atoms with E-state index in [1.54, 1.807) is 37.1 Å². The number of nitrogens with one attached hydrogen (secondary N) is 1. The molecule has 0 saturated heterocycles. The summed E-state index contributed by atoms with van der Waals surface area (Å²) in [5.41, 5.74) is 0.632. The first-order valence-corrected chi connectivity index (χ1v) is 9.86. The lowest BCUT2D eigenvalue weighted by Gasteiger charge is -2.11. The topological polar surface area (TPSA) is 64.1 Å². The zero-order chi connectivity index (χ0) is 16.8. The number of hydrogen-bond donors (Lipinski definition) is 1. The van der Waals surface area contributed by atoms with Gasteiger partial charge in [-0.05, 0) is 30.9 Å². The lowest BCUT2D eigenvalue weighted by molar-refractivity contribution is -0.115. The molecular weight excluding hydrogens is 374 g/mol. The van der Waals surface area contributed by atoms with Crippen LogP contribution >= 0.6 is 46.5 Å². The molecule has 0 fully saturated rings. The molecule has 0 aliphatic heterocycles. The first kappa shape index (κ1) is 18.4. The first-order valence-electron chi connectivity index (χ1n) is 6.80. The van der Waals surface area contributed by atoms with Gasteiger partial charge in [0.15, 0.2) is 8.68 Å². The molecule has 0 bridgehead atoms. The second-order valence-corrected chi connectivity index (χ2v) is 8.85. The molecule has 5 nitrogen and oxygen atoms in total. The highest BCUT2D eigenvalue weighted by Gasteiger charge is 2.18. The summed E-state index contributed by atoms with van der Waals surface area (Å²) in [6.45, 7) is 3.90. The molecule has 9 heteroatoms. The largest absolute Gasteiger partial charge is 0.495 e. The molecule has 1 aromatic carbocycles. The molecule has 1 atom stereocenters. The van der Waals surface area contributed by atoms with Crippen molar-refractivity contribution in [1.82, 2.24) is 10.2 Å². The number of anilines is 1. The third-order valence-electron chi connectivity index (χ3n) is 2.72. The highest BCUT2D eigenvalue weighted by Crippen LogP contribution is 2.32. The number of methoxy groups -OCH3 is 1. The van der Waals surface area contributed by atoms with Crippen LogP contribution in [0.15, 0.2) is 26.9 Å². The van der Waals surface area contributed by atoms with Gasteiger partial charge in [0, 0.05) is 5.69 Å². The van der Waals surface area contributed by atoms with Crippen molar-refractivity contribution in [2.45, 2.75) is 27.8 Å². The molecule has 23 heavy (non-hydrogen) atoms. The molecule has 2 aromatic rings. The molecule has 0 unspecified atom stereocenters. The minimum Gasteiger partial charge on any atom is -0.495 e. The van der Waals surface area contributed by atoms with Crippen LogP contribution in [-0.2, 0) is 4.79 Å². The predicted molar refractivity (Wildman–Crippen MR) is 98.3 cm³/mol. The molecule has 0 spiro atoms. The minimum atomic E-state index is -0.289. The van der Waals surface area contributed by atoms with E-state index < -0.39 is 0 Å². The maximum Gasteiger partial charge on any atom is 0.237 e. The number of hydrogen-bond acceptors (Lipinski definition) is 7. The number of aromatic nitrogens is 2. The van der Waals surface area contributed by atoms with Crippen molar-refractivity contribution < 1.29 is 9.53 Å². The second kappa shape index (κ2) is 8.77. The fourth-order valence-corrected chi connectivity index (χ4v) is 4.94. The Kier molecular flexibility index (Phi) is 7.01. The normalized spacial score (nSPS) is 12.0. The van der Waals surface area contributed by atoms with E-state index in [4.69, 9.17) is 16.3 Å². The van der Waals surface area contributed by atoms with Gasteiger partial charge in [0.2, 0.25) is 5.91 Å². The Hall–Kier alpha value is -0.960. The summed E-state index contributed by atoms with van der Waals surface area (Å²) in [6, 6.07) is 5.13. The van der Waals surface area contributed by atoms with E-state index in [2.05, 4.69) is 22.4 Å². The van der Waals surface area contributed by atoms with Crippen LogP contribution < -0.4 is 10.1 Å². The number of benzene rings is 1. The maximum absolute atomic E-state index is 12.3. The molecule has 1 N–H and O–H groups in total. The molecule has 0 saturated carbocycles. The van der Waals surface area contributed by atoms with Gasteiger partial charge in [-0.2, -0.15) is 0 Å². The number of carbonyl (C=O) groups is 1. The van der Waals surface area contributed by atoms with E-state index in [9.17, 15) is 4.79 Å². The second-order valence-electron chi connectivity index (χ2n) is 4.37. The van der Waals surface area contributed by atoms with E-state index in [1.807, 2.05) is 6.92 Å². The summed E-state index contributed by atoms with van der Waals surface area (Å²) < 4.78 is 6.80. The standard InChI is InChI=1S/C14H16ClN3O2S3/c1-4-21-13-17-18-14(23-13)22-8(2)12(19)16-9-5-6-11(20-3)10(15)7-9/h5-8H,4H2,1-3H3,(H,16,19)/t8-/m1/s1. The Bertz CT molecular complexity index is 681. The third kappa shape index (κ3) is 5.27. The number of nitrogens with zero attached hydrogens (tertiary/aromatic N) is 2. The molecule has 1 heterocycles. The monoisotopic (exact) mass is 389 g/mol. The Morgan fingerprint density at radius 1 is 1.43 bits per heavy atom. The van der Waals surface area contributed by atoms with Gasteiger partial charge >= 0.3 is 0 Å². The summed E-state index contributed by atoms with van der Waals surface area (Å²) in [7, 11) is 1.55. The van der Waals surface area contributed by atoms with E-state index in [-0.39, 0.29) is 11.2 Å². The molecule has 0 aliphatic carbocycles. The van der Waals surface area contributed by atoms with Gasteiger partial charge in [0.1, 0.15) is 5.75 Å². The highest BCUT2D eigenvalue weighted by atomic mass is 35.5. The van der Waals surface area contributed by atoms with Crippen LogP contribution in [0.4, 0.5) is 5.69 Å². The first-order chi connectivity index (χ1) is 11.0. The van der Waals surface area contributed by atoms with E-state index in [0.717, 1.165) is 14.4 Å². The number of thioether (sulfide) groups is 2. The van der Waals surface area contributed by atoms with Gasteiger partial charge in [-0.15, -0.1) is 10.2 Å². The average molecular weight is 390 g/mol. The molecule has 0 aliphatic rings. The number of carbonyl (C=O) groups excluding carboxylic acids is 1. The zero-order valence-electron chi connectivity index (χ0n) is 12.8. The Balaban J connectivity index is 1.95. The fourth-order valence-electron chi connectivity index (χ4n) is 1.62. The van der Waals surface area contributed by atoms with Gasteiger partial charge in [-0.3, -0.25) is 4.79 Å². The van der Waals surface area contributed by atoms with Crippen molar-refractivity contribution in [3.05, 3.63) is 23.2 Å². The third-order valence-corrected chi connectivity index (χ3v) is 6.14. The maximum atomic E-state index is 12.3. The number of rotatable bonds is 7. The minimum absolute atomic E-state index is 0.115. The van der Waals surface area contributed by atoms with E-state index in [0.29, 0.717) is 16.5 Å². The summed E-state index contributed by atoms with van der Waals surface area (Å²) in [5.74, 6) is 1.41. The van der Waals surface area contributed by atoms with Crippen LogP contribution in [0.1, 0.15) is 13.8 Å². The van der Waals surface area contributed by atoms with Crippen molar-refractivity contribution in [2.24, 2.45) is 0 Å². The quantitative estimate of drug-likeness (QED) is 0.706. The van der Waals surface area contributed by atoms with Gasteiger partial charge in [-0.25, -0.2) is 0 Å². The lowest BCUT2D eigenvalue weighted by Crippen LogP contribution is -2.22.